The maximum absolute atomic E-state index is 13.5. The van der Waals surface area contributed by atoms with Gasteiger partial charge in [-0.1, -0.05) is 0 Å². The molecule has 0 unspecified atom stereocenters. The molecule has 1 N–H and O–H groups in total. The van der Waals surface area contributed by atoms with Crippen molar-refractivity contribution in [3.8, 4) is 5.75 Å². The minimum Gasteiger partial charge on any atom is -0.494 e. The number of amides is 1. The van der Waals surface area contributed by atoms with Crippen LogP contribution < -0.4 is 10.1 Å². The molecule has 1 amide bonds. The summed E-state index contributed by atoms with van der Waals surface area (Å²) in [5.41, 5.74) is 0.590. The fourth-order valence-corrected chi connectivity index (χ4v) is 1.68. The van der Waals surface area contributed by atoms with Crippen molar-refractivity contribution in [2.45, 2.75) is 0 Å². The van der Waals surface area contributed by atoms with Crippen molar-refractivity contribution in [3.05, 3.63) is 52.5 Å². The molecule has 4 nitrogen and oxygen atoms in total. The summed E-state index contributed by atoms with van der Waals surface area (Å²) in [5.74, 6) is -0.819. The summed E-state index contributed by atoms with van der Waals surface area (Å²) < 4.78 is 19.0. The predicted molar refractivity (Wildman–Crippen MR) is 72.8 cm³/mol. The van der Waals surface area contributed by atoms with Crippen molar-refractivity contribution in [1.82, 2.24) is 4.98 Å². The molecule has 2 aromatic rings. The Bertz CT molecular complexity index is 602. The Labute approximate surface area is 117 Å². The number of halogens is 2. The van der Waals surface area contributed by atoms with E-state index in [9.17, 15) is 9.18 Å². The Morgan fingerprint density at radius 3 is 2.74 bits per heavy atom. The number of pyridine rings is 1. The van der Waals surface area contributed by atoms with Gasteiger partial charge in [0.15, 0.2) is 11.6 Å². The van der Waals surface area contributed by atoms with Crippen molar-refractivity contribution < 1.29 is 13.9 Å². The number of carbonyl (C=O) groups is 1. The van der Waals surface area contributed by atoms with Gasteiger partial charge in [-0.15, -0.1) is 0 Å². The van der Waals surface area contributed by atoms with Gasteiger partial charge in [0.2, 0.25) is 0 Å². The van der Waals surface area contributed by atoms with Crippen LogP contribution in [-0.4, -0.2) is 18.0 Å². The molecule has 0 aliphatic rings. The molecule has 0 aliphatic carbocycles. The summed E-state index contributed by atoms with van der Waals surface area (Å²) in [6, 6.07) is 7.46. The molecule has 1 aromatic carbocycles. The maximum atomic E-state index is 13.5. The molecule has 0 spiro atoms. The minimum absolute atomic E-state index is 0.125. The average molecular weight is 325 g/mol. The highest BCUT2D eigenvalue weighted by atomic mass is 79.9. The third-order valence-corrected chi connectivity index (χ3v) is 2.84. The van der Waals surface area contributed by atoms with Crippen LogP contribution in [0.3, 0.4) is 0 Å². The largest absolute Gasteiger partial charge is 0.494 e. The van der Waals surface area contributed by atoms with Gasteiger partial charge in [-0.05, 0) is 40.2 Å². The van der Waals surface area contributed by atoms with Gasteiger partial charge in [0.1, 0.15) is 5.69 Å². The summed E-state index contributed by atoms with van der Waals surface area (Å²) in [6.07, 6.45) is 1.52. The number of rotatable bonds is 3. The van der Waals surface area contributed by atoms with Gasteiger partial charge in [0.05, 0.1) is 7.11 Å². The van der Waals surface area contributed by atoms with E-state index in [4.69, 9.17) is 4.74 Å². The van der Waals surface area contributed by atoms with E-state index in [1.165, 1.54) is 25.4 Å². The Morgan fingerprint density at radius 2 is 2.16 bits per heavy atom. The lowest BCUT2D eigenvalue weighted by Crippen LogP contribution is -2.13. The van der Waals surface area contributed by atoms with Crippen LogP contribution in [0.4, 0.5) is 10.1 Å². The lowest BCUT2D eigenvalue weighted by Gasteiger charge is -2.07. The fourth-order valence-electron chi connectivity index (χ4n) is 1.45. The van der Waals surface area contributed by atoms with Crippen LogP contribution in [0.2, 0.25) is 0 Å². The van der Waals surface area contributed by atoms with E-state index in [0.717, 1.165) is 4.47 Å². The first kappa shape index (κ1) is 13.5. The van der Waals surface area contributed by atoms with Gasteiger partial charge in [0.25, 0.3) is 5.91 Å². The van der Waals surface area contributed by atoms with Gasteiger partial charge in [-0.3, -0.25) is 4.79 Å². The van der Waals surface area contributed by atoms with Gasteiger partial charge in [-0.2, -0.15) is 0 Å². The third kappa shape index (κ3) is 3.29. The zero-order chi connectivity index (χ0) is 13.8. The first-order valence-corrected chi connectivity index (χ1v) is 6.16. The first-order chi connectivity index (χ1) is 9.10. The Morgan fingerprint density at radius 1 is 1.37 bits per heavy atom. The average Bonchev–Trinajstić information content (AvgIpc) is 2.39. The summed E-state index contributed by atoms with van der Waals surface area (Å²) in [4.78, 5) is 15.8. The first-order valence-electron chi connectivity index (χ1n) is 5.36. The zero-order valence-electron chi connectivity index (χ0n) is 9.98. The molecule has 6 heteroatoms. The van der Waals surface area contributed by atoms with E-state index >= 15 is 0 Å². The number of anilines is 1. The number of nitrogens with one attached hydrogen (secondary N) is 1. The fraction of sp³-hybridized carbons (Fsp3) is 0.0769. The minimum atomic E-state index is -0.538. The zero-order valence-corrected chi connectivity index (χ0v) is 11.6. The van der Waals surface area contributed by atoms with Crippen LogP contribution in [0.25, 0.3) is 0 Å². The van der Waals surface area contributed by atoms with Crippen LogP contribution in [0.1, 0.15) is 10.5 Å². The van der Waals surface area contributed by atoms with Crippen molar-refractivity contribution in [2.75, 3.05) is 12.4 Å². The van der Waals surface area contributed by atoms with E-state index in [-0.39, 0.29) is 11.4 Å². The van der Waals surface area contributed by atoms with Gasteiger partial charge >= 0.3 is 0 Å². The van der Waals surface area contributed by atoms with Crippen LogP contribution in [-0.2, 0) is 0 Å². The van der Waals surface area contributed by atoms with E-state index in [0.29, 0.717) is 5.69 Å². The molecular formula is C13H10BrFN2O2. The molecule has 0 aliphatic heterocycles. The molecule has 0 radical (unpaired) electrons. The maximum Gasteiger partial charge on any atom is 0.274 e. The lowest BCUT2D eigenvalue weighted by molar-refractivity contribution is 0.102. The highest BCUT2D eigenvalue weighted by molar-refractivity contribution is 9.10. The smallest absolute Gasteiger partial charge is 0.274 e. The molecule has 1 heterocycles. The van der Waals surface area contributed by atoms with Crippen molar-refractivity contribution in [3.63, 3.8) is 0 Å². The highest BCUT2D eigenvalue weighted by Gasteiger charge is 2.09. The summed E-state index contributed by atoms with van der Waals surface area (Å²) in [5, 5.41) is 2.56. The monoisotopic (exact) mass is 324 g/mol. The van der Waals surface area contributed by atoms with Crippen molar-refractivity contribution >= 4 is 27.5 Å². The standard InChI is InChI=1S/C13H10BrFN2O2/c1-19-12-5-3-9(6-10(12)15)17-13(18)11-4-2-8(14)7-16-11/h2-7H,1H3,(H,17,18). The molecule has 0 bridgehead atoms. The second-order valence-corrected chi connectivity index (χ2v) is 4.58. The Hall–Kier alpha value is -1.95. The number of nitrogens with zero attached hydrogens (tertiary/aromatic N) is 1. The van der Waals surface area contributed by atoms with E-state index in [2.05, 4.69) is 26.2 Å². The molecule has 0 fully saturated rings. The topological polar surface area (TPSA) is 51.2 Å². The third-order valence-electron chi connectivity index (χ3n) is 2.37. The van der Waals surface area contributed by atoms with Gasteiger partial charge in [-0.25, -0.2) is 9.37 Å². The summed E-state index contributed by atoms with van der Waals surface area (Å²) in [7, 11) is 1.38. The number of hydrogen-bond acceptors (Lipinski definition) is 3. The van der Waals surface area contributed by atoms with E-state index in [1.807, 2.05) is 0 Å². The van der Waals surface area contributed by atoms with Crippen LogP contribution in [0, 0.1) is 5.82 Å². The molecule has 0 saturated heterocycles. The van der Waals surface area contributed by atoms with E-state index in [1.54, 1.807) is 18.2 Å². The number of aromatic nitrogens is 1. The summed E-state index contributed by atoms with van der Waals surface area (Å²) in [6.45, 7) is 0. The molecule has 98 valence electrons. The second-order valence-electron chi connectivity index (χ2n) is 3.67. The predicted octanol–water partition coefficient (Wildman–Crippen LogP) is 3.24. The number of carbonyl (C=O) groups excluding carboxylic acids is 1. The van der Waals surface area contributed by atoms with Gasteiger partial charge in [0, 0.05) is 22.4 Å². The SMILES string of the molecule is COc1ccc(NC(=O)c2ccc(Br)cn2)cc1F. The molecule has 19 heavy (non-hydrogen) atoms. The normalized spacial score (nSPS) is 10.1. The number of benzene rings is 1. The molecular weight excluding hydrogens is 315 g/mol. The second kappa shape index (κ2) is 5.79. The van der Waals surface area contributed by atoms with Crippen LogP contribution in [0.5, 0.6) is 5.75 Å². The lowest BCUT2D eigenvalue weighted by atomic mass is 10.2. The van der Waals surface area contributed by atoms with Crippen LogP contribution >= 0.6 is 15.9 Å². The van der Waals surface area contributed by atoms with Crippen molar-refractivity contribution in [1.29, 1.82) is 0 Å². The van der Waals surface area contributed by atoms with E-state index < -0.39 is 11.7 Å². The van der Waals surface area contributed by atoms with Gasteiger partial charge < -0.3 is 10.1 Å². The van der Waals surface area contributed by atoms with Crippen molar-refractivity contribution in [2.24, 2.45) is 0 Å². The molecule has 2 rings (SSSR count). The Balaban J connectivity index is 2.14. The quantitative estimate of drug-likeness (QED) is 0.942. The molecule has 1 aromatic heterocycles. The number of methoxy groups -OCH3 is 1. The number of hydrogen-bond donors (Lipinski definition) is 1. The molecule has 0 atom stereocenters. The molecule has 0 saturated carbocycles. The van der Waals surface area contributed by atoms with Crippen LogP contribution in [0.15, 0.2) is 41.0 Å². The Kier molecular flexibility index (Phi) is 4.11. The number of ether oxygens (including phenoxy) is 1. The summed E-state index contributed by atoms with van der Waals surface area (Å²) >= 11 is 3.23. The highest BCUT2D eigenvalue weighted by Crippen LogP contribution is 2.21.